The van der Waals surface area contributed by atoms with E-state index in [-0.39, 0.29) is 6.04 Å². The highest BCUT2D eigenvalue weighted by molar-refractivity contribution is 5.89. The van der Waals surface area contributed by atoms with Crippen molar-refractivity contribution in [3.8, 4) is 5.88 Å². The molecule has 1 aliphatic heterocycles. The van der Waals surface area contributed by atoms with Crippen molar-refractivity contribution in [3.63, 3.8) is 0 Å². The van der Waals surface area contributed by atoms with Crippen LogP contribution in [0.1, 0.15) is 18.4 Å². The largest absolute Gasteiger partial charge is 0.481 e. The van der Waals surface area contributed by atoms with Crippen molar-refractivity contribution in [3.05, 3.63) is 36.0 Å². The number of hydrogen-bond acceptors (Lipinski definition) is 4. The molecule has 1 aromatic heterocycles. The van der Waals surface area contributed by atoms with Crippen LogP contribution in [0.3, 0.4) is 0 Å². The number of carboxylic acids is 1. The molecule has 2 heterocycles. The maximum absolute atomic E-state index is 10.1. The summed E-state index contributed by atoms with van der Waals surface area (Å²) in [6, 6.07) is 7.89. The minimum atomic E-state index is -0.720. The van der Waals surface area contributed by atoms with Crippen molar-refractivity contribution < 1.29 is 14.6 Å². The highest BCUT2D eigenvalue weighted by Crippen LogP contribution is 2.25. The number of fused-ring (bicyclic) bond motifs is 1. The third-order valence-corrected chi connectivity index (χ3v) is 3.52. The molecule has 0 radical (unpaired) electrons. The molecule has 0 bridgehead atoms. The van der Waals surface area contributed by atoms with Gasteiger partial charge >= 0.3 is 5.97 Å². The number of carbonyl (C=O) groups is 1. The van der Waals surface area contributed by atoms with E-state index in [0.717, 1.165) is 24.8 Å². The normalized spacial score (nSPS) is 17.1. The summed E-state index contributed by atoms with van der Waals surface area (Å²) in [7, 11) is 1.65. The molecular weight excluding hydrogens is 268 g/mol. The van der Waals surface area contributed by atoms with E-state index in [1.807, 2.05) is 12.1 Å². The fourth-order valence-electron chi connectivity index (χ4n) is 2.42. The van der Waals surface area contributed by atoms with Gasteiger partial charge in [-0.2, -0.15) is 0 Å². The standard InChI is InChI=1S/C11H11NO.C5H9NO2/c1-8-4-3-5-9-6-7-12-11(13-2)10(8)9;7-5(8)4-2-1-3-6-4/h3-7H,1-2H3;4,6H,1-3H2,(H,7,8)/t;4-/m.0/s1. The zero-order valence-corrected chi connectivity index (χ0v) is 12.3. The molecule has 0 saturated carbocycles. The van der Waals surface area contributed by atoms with E-state index in [9.17, 15) is 4.79 Å². The Balaban J connectivity index is 0.000000173. The molecule has 5 nitrogen and oxygen atoms in total. The number of nitrogens with one attached hydrogen (secondary N) is 1. The van der Waals surface area contributed by atoms with Gasteiger partial charge in [0.05, 0.1) is 7.11 Å². The lowest BCUT2D eigenvalue weighted by molar-refractivity contribution is -0.139. The van der Waals surface area contributed by atoms with Crippen molar-refractivity contribution in [2.24, 2.45) is 0 Å². The van der Waals surface area contributed by atoms with Crippen molar-refractivity contribution in [2.75, 3.05) is 13.7 Å². The highest BCUT2D eigenvalue weighted by Gasteiger charge is 2.20. The first-order valence-electron chi connectivity index (χ1n) is 6.98. The Morgan fingerprint density at radius 3 is 2.81 bits per heavy atom. The second-order valence-corrected chi connectivity index (χ2v) is 4.98. The Labute approximate surface area is 124 Å². The van der Waals surface area contributed by atoms with Crippen molar-refractivity contribution >= 4 is 16.7 Å². The van der Waals surface area contributed by atoms with Crippen molar-refractivity contribution in [1.29, 1.82) is 0 Å². The van der Waals surface area contributed by atoms with Crippen LogP contribution in [0.2, 0.25) is 0 Å². The topological polar surface area (TPSA) is 71.5 Å². The van der Waals surface area contributed by atoms with E-state index in [2.05, 4.69) is 29.4 Å². The summed E-state index contributed by atoms with van der Waals surface area (Å²) in [5.41, 5.74) is 1.20. The van der Waals surface area contributed by atoms with Gasteiger partial charge in [0, 0.05) is 11.6 Å². The van der Waals surface area contributed by atoms with E-state index < -0.39 is 5.97 Å². The third-order valence-electron chi connectivity index (χ3n) is 3.52. The molecule has 2 aromatic rings. The number of benzene rings is 1. The number of hydrogen-bond donors (Lipinski definition) is 2. The van der Waals surface area contributed by atoms with Gasteiger partial charge in [0.25, 0.3) is 0 Å². The first kappa shape index (κ1) is 15.3. The van der Waals surface area contributed by atoms with Crippen LogP contribution in [0.5, 0.6) is 5.88 Å². The van der Waals surface area contributed by atoms with Gasteiger partial charge < -0.3 is 15.2 Å². The number of carboxylic acid groups (broad SMARTS) is 1. The first-order chi connectivity index (χ1) is 10.1. The van der Waals surface area contributed by atoms with Crippen molar-refractivity contribution in [1.82, 2.24) is 10.3 Å². The van der Waals surface area contributed by atoms with Crippen LogP contribution < -0.4 is 10.1 Å². The average molecular weight is 288 g/mol. The van der Waals surface area contributed by atoms with Gasteiger partial charge in [0.1, 0.15) is 6.04 Å². The molecule has 1 aliphatic rings. The molecule has 21 heavy (non-hydrogen) atoms. The number of rotatable bonds is 2. The quantitative estimate of drug-likeness (QED) is 0.887. The van der Waals surface area contributed by atoms with E-state index in [0.29, 0.717) is 5.88 Å². The molecule has 0 aliphatic carbocycles. The summed E-state index contributed by atoms with van der Waals surface area (Å²) < 4.78 is 5.20. The van der Waals surface area contributed by atoms with Gasteiger partial charge in [-0.3, -0.25) is 4.79 Å². The number of aryl methyl sites for hydroxylation is 1. The van der Waals surface area contributed by atoms with Gasteiger partial charge in [-0.25, -0.2) is 4.98 Å². The van der Waals surface area contributed by atoms with Crippen LogP contribution in [0.4, 0.5) is 0 Å². The molecule has 2 N–H and O–H groups in total. The Kier molecular flexibility index (Phi) is 5.11. The number of pyridine rings is 1. The van der Waals surface area contributed by atoms with Gasteiger partial charge in [-0.05, 0) is 43.3 Å². The summed E-state index contributed by atoms with van der Waals surface area (Å²) in [4.78, 5) is 14.3. The molecule has 1 fully saturated rings. The maximum atomic E-state index is 10.1. The average Bonchev–Trinajstić information content (AvgIpc) is 3.02. The van der Waals surface area contributed by atoms with E-state index in [1.54, 1.807) is 13.3 Å². The molecule has 1 atom stereocenters. The number of nitrogens with zero attached hydrogens (tertiary/aromatic N) is 1. The smallest absolute Gasteiger partial charge is 0.320 e. The molecular formula is C16H20N2O3. The van der Waals surface area contributed by atoms with Crippen LogP contribution >= 0.6 is 0 Å². The lowest BCUT2D eigenvalue weighted by Gasteiger charge is -2.05. The van der Waals surface area contributed by atoms with Crippen LogP contribution in [0.25, 0.3) is 10.8 Å². The van der Waals surface area contributed by atoms with Gasteiger partial charge in [0.15, 0.2) is 0 Å². The van der Waals surface area contributed by atoms with Crippen LogP contribution in [-0.4, -0.2) is 35.8 Å². The number of ether oxygens (including phenoxy) is 1. The molecule has 1 aromatic carbocycles. The Morgan fingerprint density at radius 1 is 1.43 bits per heavy atom. The molecule has 5 heteroatoms. The Morgan fingerprint density at radius 2 is 2.24 bits per heavy atom. The summed E-state index contributed by atoms with van der Waals surface area (Å²) >= 11 is 0. The van der Waals surface area contributed by atoms with Crippen molar-refractivity contribution in [2.45, 2.75) is 25.8 Å². The van der Waals surface area contributed by atoms with E-state index >= 15 is 0 Å². The summed E-state index contributed by atoms with van der Waals surface area (Å²) in [6.07, 6.45) is 3.55. The molecule has 112 valence electrons. The summed E-state index contributed by atoms with van der Waals surface area (Å²) in [6.45, 7) is 2.92. The molecule has 0 spiro atoms. The number of methoxy groups -OCH3 is 1. The zero-order valence-electron chi connectivity index (χ0n) is 12.3. The first-order valence-corrected chi connectivity index (χ1v) is 6.98. The third kappa shape index (κ3) is 3.70. The lowest BCUT2D eigenvalue weighted by atomic mass is 10.1. The molecule has 0 unspecified atom stereocenters. The predicted octanol–water partition coefficient (Wildman–Crippen LogP) is 2.37. The number of aliphatic carboxylic acids is 1. The Hall–Kier alpha value is -2.14. The van der Waals surface area contributed by atoms with Gasteiger partial charge in [-0.15, -0.1) is 0 Å². The second kappa shape index (κ2) is 7.04. The molecule has 1 saturated heterocycles. The monoisotopic (exact) mass is 288 g/mol. The van der Waals surface area contributed by atoms with Gasteiger partial charge in [0.2, 0.25) is 5.88 Å². The molecule has 3 rings (SSSR count). The molecule has 0 amide bonds. The van der Waals surface area contributed by atoms with Crippen LogP contribution in [-0.2, 0) is 4.79 Å². The second-order valence-electron chi connectivity index (χ2n) is 4.98. The predicted molar refractivity (Wildman–Crippen MR) is 81.7 cm³/mol. The minimum absolute atomic E-state index is 0.269. The van der Waals surface area contributed by atoms with Gasteiger partial charge in [-0.1, -0.05) is 18.2 Å². The van der Waals surface area contributed by atoms with Crippen LogP contribution in [0, 0.1) is 6.92 Å². The SMILES string of the molecule is COc1nccc2cccc(C)c12.O=C(O)[C@@H]1CCCN1. The Bertz CT molecular complexity index is 617. The van der Waals surface area contributed by atoms with Crippen LogP contribution in [0.15, 0.2) is 30.5 Å². The summed E-state index contributed by atoms with van der Waals surface area (Å²) in [5, 5.41) is 13.5. The van der Waals surface area contributed by atoms with E-state index in [1.165, 1.54) is 10.9 Å². The maximum Gasteiger partial charge on any atom is 0.320 e. The fraction of sp³-hybridized carbons (Fsp3) is 0.375. The number of aromatic nitrogens is 1. The van der Waals surface area contributed by atoms with E-state index in [4.69, 9.17) is 9.84 Å². The fourth-order valence-corrected chi connectivity index (χ4v) is 2.42. The summed E-state index contributed by atoms with van der Waals surface area (Å²) in [5.74, 6) is -0.0156. The lowest BCUT2D eigenvalue weighted by Crippen LogP contribution is -2.29. The zero-order chi connectivity index (χ0) is 15.2. The minimum Gasteiger partial charge on any atom is -0.481 e. The highest BCUT2D eigenvalue weighted by atomic mass is 16.5.